The van der Waals surface area contributed by atoms with E-state index in [9.17, 15) is 0 Å². The predicted octanol–water partition coefficient (Wildman–Crippen LogP) is 2.70. The topological polar surface area (TPSA) is 46.8 Å². The SMILES string of the molecule is Cn1c(CN2CCC[C@@H]2c2ccncn2)nc2ccccc21. The first kappa shape index (κ1) is 13.4. The molecule has 1 fully saturated rings. The normalized spacial score (nSPS) is 19.0. The highest BCUT2D eigenvalue weighted by Gasteiger charge is 2.28. The number of imidazole rings is 1. The molecule has 0 aliphatic carbocycles. The molecule has 1 saturated heterocycles. The highest BCUT2D eigenvalue weighted by molar-refractivity contribution is 5.75. The van der Waals surface area contributed by atoms with Crippen molar-refractivity contribution in [1.29, 1.82) is 0 Å². The molecule has 3 aromatic rings. The van der Waals surface area contributed by atoms with Crippen LogP contribution in [0.3, 0.4) is 0 Å². The average molecular weight is 293 g/mol. The van der Waals surface area contributed by atoms with Gasteiger partial charge in [-0.25, -0.2) is 15.0 Å². The van der Waals surface area contributed by atoms with Crippen molar-refractivity contribution in [2.75, 3.05) is 6.54 Å². The summed E-state index contributed by atoms with van der Waals surface area (Å²) in [4.78, 5) is 15.7. The molecule has 0 bridgehead atoms. The molecule has 1 aromatic carbocycles. The zero-order valence-electron chi connectivity index (χ0n) is 12.7. The van der Waals surface area contributed by atoms with Gasteiger partial charge in [-0.3, -0.25) is 4.90 Å². The summed E-state index contributed by atoms with van der Waals surface area (Å²) in [5.41, 5.74) is 3.37. The molecule has 0 saturated carbocycles. The van der Waals surface area contributed by atoms with E-state index >= 15 is 0 Å². The van der Waals surface area contributed by atoms with E-state index in [1.807, 2.05) is 18.3 Å². The van der Waals surface area contributed by atoms with Crippen LogP contribution in [-0.4, -0.2) is 31.0 Å². The Morgan fingerprint density at radius 2 is 2.14 bits per heavy atom. The number of aromatic nitrogens is 4. The zero-order valence-corrected chi connectivity index (χ0v) is 12.7. The number of hydrogen-bond acceptors (Lipinski definition) is 4. The molecule has 5 nitrogen and oxygen atoms in total. The van der Waals surface area contributed by atoms with Crippen LogP contribution in [0.5, 0.6) is 0 Å². The third-order valence-electron chi connectivity index (χ3n) is 4.53. The number of likely N-dealkylation sites (tertiary alicyclic amines) is 1. The van der Waals surface area contributed by atoms with Crippen LogP contribution in [-0.2, 0) is 13.6 Å². The van der Waals surface area contributed by atoms with Crippen molar-refractivity contribution in [3.8, 4) is 0 Å². The zero-order chi connectivity index (χ0) is 14.9. The maximum Gasteiger partial charge on any atom is 0.123 e. The van der Waals surface area contributed by atoms with Gasteiger partial charge >= 0.3 is 0 Å². The third-order valence-corrected chi connectivity index (χ3v) is 4.53. The Morgan fingerprint density at radius 1 is 1.23 bits per heavy atom. The largest absolute Gasteiger partial charge is 0.330 e. The van der Waals surface area contributed by atoms with Crippen LogP contribution in [0.25, 0.3) is 11.0 Å². The molecular weight excluding hydrogens is 274 g/mol. The Balaban J connectivity index is 1.63. The van der Waals surface area contributed by atoms with E-state index in [1.54, 1.807) is 6.33 Å². The van der Waals surface area contributed by atoms with Crippen molar-refractivity contribution in [2.24, 2.45) is 7.05 Å². The summed E-state index contributed by atoms with van der Waals surface area (Å²) < 4.78 is 2.20. The van der Waals surface area contributed by atoms with E-state index in [2.05, 4.69) is 44.7 Å². The highest BCUT2D eigenvalue weighted by atomic mass is 15.2. The summed E-state index contributed by atoms with van der Waals surface area (Å²) in [5, 5.41) is 0. The number of nitrogens with zero attached hydrogens (tertiary/aromatic N) is 5. The molecule has 0 spiro atoms. The maximum atomic E-state index is 4.79. The Labute approximate surface area is 129 Å². The van der Waals surface area contributed by atoms with E-state index < -0.39 is 0 Å². The van der Waals surface area contributed by atoms with Crippen molar-refractivity contribution in [1.82, 2.24) is 24.4 Å². The van der Waals surface area contributed by atoms with Crippen LogP contribution in [0.4, 0.5) is 0 Å². The first-order valence-electron chi connectivity index (χ1n) is 7.73. The lowest BCUT2D eigenvalue weighted by atomic mass is 10.1. The second-order valence-corrected chi connectivity index (χ2v) is 5.84. The van der Waals surface area contributed by atoms with Gasteiger partial charge in [-0.05, 0) is 37.6 Å². The van der Waals surface area contributed by atoms with Crippen molar-refractivity contribution in [3.63, 3.8) is 0 Å². The average Bonchev–Trinajstić information content (AvgIpc) is 3.15. The summed E-state index contributed by atoms with van der Waals surface area (Å²) >= 11 is 0. The fourth-order valence-corrected chi connectivity index (χ4v) is 3.37. The summed E-state index contributed by atoms with van der Waals surface area (Å²) in [6, 6.07) is 10.7. The fraction of sp³-hybridized carbons (Fsp3) is 0.353. The number of aryl methyl sites for hydroxylation is 1. The summed E-state index contributed by atoms with van der Waals surface area (Å²) in [6.45, 7) is 1.96. The molecule has 0 unspecified atom stereocenters. The van der Waals surface area contributed by atoms with E-state index in [-0.39, 0.29) is 0 Å². The molecule has 1 atom stereocenters. The summed E-state index contributed by atoms with van der Waals surface area (Å²) in [7, 11) is 2.10. The molecular formula is C17H19N5. The van der Waals surface area contributed by atoms with Gasteiger partial charge in [0.05, 0.1) is 29.3 Å². The lowest BCUT2D eigenvalue weighted by Gasteiger charge is -2.23. The monoisotopic (exact) mass is 293 g/mol. The maximum absolute atomic E-state index is 4.79. The van der Waals surface area contributed by atoms with Crippen LogP contribution in [0.15, 0.2) is 42.9 Å². The molecule has 5 heteroatoms. The van der Waals surface area contributed by atoms with Crippen molar-refractivity contribution in [3.05, 3.63) is 54.4 Å². The molecule has 2 aromatic heterocycles. The highest BCUT2D eigenvalue weighted by Crippen LogP contribution is 2.31. The lowest BCUT2D eigenvalue weighted by molar-refractivity contribution is 0.236. The molecule has 0 amide bonds. The van der Waals surface area contributed by atoms with Gasteiger partial charge in [-0.1, -0.05) is 12.1 Å². The first-order valence-corrected chi connectivity index (χ1v) is 7.73. The predicted molar refractivity (Wildman–Crippen MR) is 85.1 cm³/mol. The van der Waals surface area contributed by atoms with E-state index in [1.165, 1.54) is 11.9 Å². The Morgan fingerprint density at radius 3 is 2.95 bits per heavy atom. The first-order chi connectivity index (χ1) is 10.8. The smallest absolute Gasteiger partial charge is 0.123 e. The molecule has 0 radical (unpaired) electrons. The van der Waals surface area contributed by atoms with E-state index in [0.717, 1.165) is 36.5 Å². The minimum atomic E-state index is 0.378. The number of benzene rings is 1. The van der Waals surface area contributed by atoms with Crippen LogP contribution in [0.1, 0.15) is 30.4 Å². The van der Waals surface area contributed by atoms with Crippen LogP contribution in [0.2, 0.25) is 0 Å². The van der Waals surface area contributed by atoms with Crippen LogP contribution in [0, 0.1) is 0 Å². The van der Waals surface area contributed by atoms with Gasteiger partial charge in [-0.2, -0.15) is 0 Å². The van der Waals surface area contributed by atoms with Crippen LogP contribution >= 0.6 is 0 Å². The number of rotatable bonds is 3. The van der Waals surface area contributed by atoms with Gasteiger partial charge in [0.1, 0.15) is 12.2 Å². The molecule has 22 heavy (non-hydrogen) atoms. The number of hydrogen-bond donors (Lipinski definition) is 0. The third kappa shape index (κ3) is 2.27. The molecule has 1 aliphatic rings. The summed E-state index contributed by atoms with van der Waals surface area (Å²) in [6.07, 6.45) is 5.83. The quantitative estimate of drug-likeness (QED) is 0.745. The molecule has 1 aliphatic heterocycles. The number of para-hydroxylation sites is 2. The minimum absolute atomic E-state index is 0.378. The van der Waals surface area contributed by atoms with Gasteiger partial charge in [0.25, 0.3) is 0 Å². The van der Waals surface area contributed by atoms with Gasteiger partial charge in [0.15, 0.2) is 0 Å². The Kier molecular flexibility index (Phi) is 3.35. The minimum Gasteiger partial charge on any atom is -0.330 e. The standard InChI is InChI=1S/C17H19N5/c1-21-15-6-3-2-5-14(15)20-17(21)11-22-10-4-7-16(22)13-8-9-18-12-19-13/h2-3,5-6,8-9,12,16H,4,7,10-11H2,1H3/t16-/m1/s1. The second kappa shape index (κ2) is 5.50. The lowest BCUT2D eigenvalue weighted by Crippen LogP contribution is -2.25. The Hall–Kier alpha value is -2.27. The van der Waals surface area contributed by atoms with Crippen molar-refractivity contribution in [2.45, 2.75) is 25.4 Å². The van der Waals surface area contributed by atoms with E-state index in [0.29, 0.717) is 6.04 Å². The molecule has 4 rings (SSSR count). The molecule has 3 heterocycles. The molecule has 112 valence electrons. The summed E-state index contributed by atoms with van der Waals surface area (Å²) in [5.74, 6) is 1.11. The van der Waals surface area contributed by atoms with E-state index in [4.69, 9.17) is 4.98 Å². The van der Waals surface area contributed by atoms with Gasteiger partial charge in [0, 0.05) is 13.2 Å². The van der Waals surface area contributed by atoms with Gasteiger partial charge < -0.3 is 4.57 Å². The number of fused-ring (bicyclic) bond motifs is 1. The van der Waals surface area contributed by atoms with Gasteiger partial charge in [-0.15, -0.1) is 0 Å². The van der Waals surface area contributed by atoms with Crippen LogP contribution < -0.4 is 0 Å². The van der Waals surface area contributed by atoms with Crippen molar-refractivity contribution >= 4 is 11.0 Å². The Bertz CT molecular complexity index is 780. The van der Waals surface area contributed by atoms with Gasteiger partial charge in [0.2, 0.25) is 0 Å². The fourth-order valence-electron chi connectivity index (χ4n) is 3.37. The second-order valence-electron chi connectivity index (χ2n) is 5.84. The molecule has 0 N–H and O–H groups in total. The van der Waals surface area contributed by atoms with Crippen molar-refractivity contribution < 1.29 is 0 Å².